The van der Waals surface area contributed by atoms with Crippen molar-refractivity contribution in [2.45, 2.75) is 70.8 Å². The fraction of sp³-hybridized carbons (Fsp3) is 0.619. The Bertz CT molecular complexity index is 702. The number of allylic oxidation sites excluding steroid dienone is 1. The van der Waals surface area contributed by atoms with E-state index in [4.69, 9.17) is 4.74 Å². The van der Waals surface area contributed by atoms with Gasteiger partial charge in [-0.05, 0) is 73.6 Å². The van der Waals surface area contributed by atoms with Gasteiger partial charge in [-0.3, -0.25) is 0 Å². The number of benzene rings is 1. The summed E-state index contributed by atoms with van der Waals surface area (Å²) in [5, 5.41) is 10.3. The highest BCUT2D eigenvalue weighted by molar-refractivity contribution is 5.55. The number of aliphatic hydroxyl groups excluding tert-OH is 1. The van der Waals surface area contributed by atoms with Gasteiger partial charge < -0.3 is 9.84 Å². The van der Waals surface area contributed by atoms with Gasteiger partial charge >= 0.3 is 0 Å². The van der Waals surface area contributed by atoms with Crippen molar-refractivity contribution in [2.75, 3.05) is 7.11 Å². The lowest BCUT2D eigenvalue weighted by atomic mass is 9.56. The number of hydrogen-bond donors (Lipinski definition) is 1. The van der Waals surface area contributed by atoms with Gasteiger partial charge in [0, 0.05) is 5.41 Å². The van der Waals surface area contributed by atoms with Gasteiger partial charge in [-0.25, -0.2) is 0 Å². The SMILES string of the molecule is COc1ccc2c(c1C)CCC1=C3C[C@H](O)C[C@]3(C)CC[C@@]12C. The molecule has 2 nitrogen and oxygen atoms in total. The van der Waals surface area contributed by atoms with E-state index in [1.165, 1.54) is 29.5 Å². The number of aliphatic hydroxyl groups is 1. The highest BCUT2D eigenvalue weighted by Gasteiger charge is 2.50. The van der Waals surface area contributed by atoms with Crippen molar-refractivity contribution < 1.29 is 9.84 Å². The normalized spacial score (nSPS) is 35.6. The van der Waals surface area contributed by atoms with E-state index in [0.717, 1.165) is 31.4 Å². The molecule has 124 valence electrons. The highest BCUT2D eigenvalue weighted by atomic mass is 16.5. The molecule has 1 saturated carbocycles. The number of ether oxygens (including phenoxy) is 1. The van der Waals surface area contributed by atoms with Gasteiger partial charge in [0.25, 0.3) is 0 Å². The topological polar surface area (TPSA) is 29.5 Å². The zero-order chi connectivity index (χ0) is 16.4. The molecule has 3 atom stereocenters. The van der Waals surface area contributed by atoms with E-state index in [0.29, 0.717) is 0 Å². The molecule has 3 aliphatic rings. The minimum absolute atomic E-state index is 0.135. The number of rotatable bonds is 1. The zero-order valence-electron chi connectivity index (χ0n) is 14.8. The molecule has 1 fully saturated rings. The second-order valence-electron chi connectivity index (χ2n) is 8.33. The van der Waals surface area contributed by atoms with Gasteiger partial charge in [0.1, 0.15) is 5.75 Å². The summed E-state index contributed by atoms with van der Waals surface area (Å²) < 4.78 is 5.53. The van der Waals surface area contributed by atoms with Crippen LogP contribution in [0.2, 0.25) is 0 Å². The largest absolute Gasteiger partial charge is 0.496 e. The molecule has 0 unspecified atom stereocenters. The average molecular weight is 312 g/mol. The first-order valence-corrected chi connectivity index (χ1v) is 8.97. The van der Waals surface area contributed by atoms with Crippen LogP contribution in [-0.2, 0) is 11.8 Å². The Morgan fingerprint density at radius 1 is 1.13 bits per heavy atom. The van der Waals surface area contributed by atoms with Crippen molar-refractivity contribution in [3.05, 3.63) is 40.0 Å². The van der Waals surface area contributed by atoms with Gasteiger partial charge in [-0.2, -0.15) is 0 Å². The van der Waals surface area contributed by atoms with Gasteiger partial charge in [0.15, 0.2) is 0 Å². The molecule has 0 spiro atoms. The molecule has 0 heterocycles. The van der Waals surface area contributed by atoms with Crippen molar-refractivity contribution in [3.8, 4) is 5.75 Å². The van der Waals surface area contributed by atoms with Crippen molar-refractivity contribution in [1.29, 1.82) is 0 Å². The molecule has 0 saturated heterocycles. The Morgan fingerprint density at radius 3 is 2.65 bits per heavy atom. The molecule has 0 aromatic heterocycles. The molecule has 2 heteroatoms. The molecular weight excluding hydrogens is 284 g/mol. The van der Waals surface area contributed by atoms with E-state index in [9.17, 15) is 5.11 Å². The molecule has 3 aliphatic carbocycles. The number of methoxy groups -OCH3 is 1. The molecule has 4 rings (SSSR count). The first-order valence-electron chi connectivity index (χ1n) is 8.97. The molecular formula is C21H28O2. The van der Waals surface area contributed by atoms with E-state index in [1.807, 2.05) is 0 Å². The third-order valence-electron chi connectivity index (χ3n) is 7.05. The quantitative estimate of drug-likeness (QED) is 0.776. The summed E-state index contributed by atoms with van der Waals surface area (Å²) in [6, 6.07) is 4.44. The van der Waals surface area contributed by atoms with E-state index >= 15 is 0 Å². The van der Waals surface area contributed by atoms with Gasteiger partial charge in [-0.1, -0.05) is 31.1 Å². The van der Waals surface area contributed by atoms with Crippen LogP contribution < -0.4 is 4.74 Å². The first-order chi connectivity index (χ1) is 10.9. The van der Waals surface area contributed by atoms with Crippen LogP contribution in [0.25, 0.3) is 0 Å². The molecule has 0 amide bonds. The van der Waals surface area contributed by atoms with Crippen LogP contribution >= 0.6 is 0 Å². The van der Waals surface area contributed by atoms with Crippen molar-refractivity contribution in [2.24, 2.45) is 5.41 Å². The Kier molecular flexibility index (Phi) is 3.22. The Labute approximate surface area is 139 Å². The minimum Gasteiger partial charge on any atom is -0.496 e. The zero-order valence-corrected chi connectivity index (χ0v) is 14.8. The lowest BCUT2D eigenvalue weighted by Crippen LogP contribution is -2.38. The summed E-state index contributed by atoms with van der Waals surface area (Å²) in [4.78, 5) is 0. The lowest BCUT2D eigenvalue weighted by molar-refractivity contribution is 0.157. The fourth-order valence-corrected chi connectivity index (χ4v) is 5.72. The van der Waals surface area contributed by atoms with Gasteiger partial charge in [-0.15, -0.1) is 0 Å². The Balaban J connectivity index is 1.90. The van der Waals surface area contributed by atoms with E-state index < -0.39 is 0 Å². The molecule has 1 aromatic carbocycles. The van der Waals surface area contributed by atoms with Crippen LogP contribution in [0, 0.1) is 12.3 Å². The summed E-state index contributed by atoms with van der Waals surface area (Å²) in [7, 11) is 1.76. The molecule has 0 radical (unpaired) electrons. The summed E-state index contributed by atoms with van der Waals surface area (Å²) in [6.45, 7) is 7.01. The smallest absolute Gasteiger partial charge is 0.122 e. The molecule has 0 bridgehead atoms. The predicted octanol–water partition coefficient (Wildman–Crippen LogP) is 4.46. The number of fused-ring (bicyclic) bond motifs is 4. The maximum atomic E-state index is 10.3. The van der Waals surface area contributed by atoms with Crippen LogP contribution in [0.4, 0.5) is 0 Å². The Hall–Kier alpha value is -1.28. The van der Waals surface area contributed by atoms with E-state index in [2.05, 4.69) is 32.9 Å². The van der Waals surface area contributed by atoms with Gasteiger partial charge in [0.2, 0.25) is 0 Å². The monoisotopic (exact) mass is 312 g/mol. The van der Waals surface area contributed by atoms with Crippen LogP contribution in [0.15, 0.2) is 23.3 Å². The van der Waals surface area contributed by atoms with Crippen LogP contribution in [0.3, 0.4) is 0 Å². The van der Waals surface area contributed by atoms with Crippen LogP contribution in [0.1, 0.15) is 62.6 Å². The minimum atomic E-state index is -0.135. The summed E-state index contributed by atoms with van der Waals surface area (Å²) in [5.74, 6) is 1.01. The lowest BCUT2D eigenvalue weighted by Gasteiger charge is -2.48. The Morgan fingerprint density at radius 2 is 1.91 bits per heavy atom. The summed E-state index contributed by atoms with van der Waals surface area (Å²) >= 11 is 0. The van der Waals surface area contributed by atoms with Crippen molar-refractivity contribution in [1.82, 2.24) is 0 Å². The van der Waals surface area contributed by atoms with Crippen LogP contribution in [0.5, 0.6) is 5.75 Å². The predicted molar refractivity (Wildman–Crippen MR) is 93.0 cm³/mol. The molecule has 23 heavy (non-hydrogen) atoms. The average Bonchev–Trinajstić information content (AvgIpc) is 2.82. The van der Waals surface area contributed by atoms with Crippen LogP contribution in [-0.4, -0.2) is 18.3 Å². The third-order valence-corrected chi connectivity index (χ3v) is 7.05. The van der Waals surface area contributed by atoms with Crippen molar-refractivity contribution in [3.63, 3.8) is 0 Å². The highest BCUT2D eigenvalue weighted by Crippen LogP contribution is 2.60. The maximum absolute atomic E-state index is 10.3. The molecule has 1 aromatic rings. The third kappa shape index (κ3) is 1.97. The van der Waals surface area contributed by atoms with E-state index in [1.54, 1.807) is 18.3 Å². The fourth-order valence-electron chi connectivity index (χ4n) is 5.72. The summed E-state index contributed by atoms with van der Waals surface area (Å²) in [5.41, 5.74) is 7.94. The van der Waals surface area contributed by atoms with E-state index in [-0.39, 0.29) is 16.9 Å². The molecule has 1 N–H and O–H groups in total. The second kappa shape index (κ2) is 4.86. The maximum Gasteiger partial charge on any atom is 0.122 e. The standard InChI is InChI=1S/C21H28O2/c1-13-15-5-6-17-18-11-14(22)12-20(18,2)9-10-21(17,3)16(15)7-8-19(13)23-4/h7-8,14,22H,5-6,9-12H2,1-4H3/t14-,20-,21+/m0/s1. The number of hydrogen-bond acceptors (Lipinski definition) is 2. The van der Waals surface area contributed by atoms with Crippen molar-refractivity contribution >= 4 is 0 Å². The summed E-state index contributed by atoms with van der Waals surface area (Å²) in [6.07, 6.45) is 6.37. The molecule has 0 aliphatic heterocycles. The first kappa shape index (κ1) is 15.3. The second-order valence-corrected chi connectivity index (χ2v) is 8.33. The van der Waals surface area contributed by atoms with Gasteiger partial charge in [0.05, 0.1) is 13.2 Å².